The Morgan fingerprint density at radius 3 is 2.64 bits per heavy atom. The molecule has 0 aliphatic heterocycles. The van der Waals surface area contributed by atoms with E-state index in [-0.39, 0.29) is 0 Å². The van der Waals surface area contributed by atoms with Gasteiger partial charge in [0.1, 0.15) is 5.65 Å². The van der Waals surface area contributed by atoms with Crippen LogP contribution in [0.4, 0.5) is 5.95 Å². The summed E-state index contributed by atoms with van der Waals surface area (Å²) in [5, 5.41) is 3.99. The first-order valence-electron chi connectivity index (χ1n) is 4.81. The van der Waals surface area contributed by atoms with E-state index in [0.717, 1.165) is 16.7 Å². The van der Waals surface area contributed by atoms with Crippen LogP contribution in [0.5, 0.6) is 0 Å². The molecule has 0 radical (unpaired) electrons. The number of H-pyrrole nitrogens is 1. The van der Waals surface area contributed by atoms with Crippen LogP contribution in [0, 0.1) is 6.92 Å². The third-order valence-electron chi connectivity index (χ3n) is 1.83. The molecule has 0 aliphatic rings. The van der Waals surface area contributed by atoms with Crippen molar-refractivity contribution in [2.75, 3.05) is 12.4 Å². The van der Waals surface area contributed by atoms with Gasteiger partial charge in [-0.15, -0.1) is 0 Å². The summed E-state index contributed by atoms with van der Waals surface area (Å²) in [7, 11) is 1.81. The van der Waals surface area contributed by atoms with Crippen molar-refractivity contribution in [1.82, 2.24) is 15.0 Å². The van der Waals surface area contributed by atoms with Gasteiger partial charge in [-0.05, 0) is 13.0 Å². The molecule has 4 nitrogen and oxygen atoms in total. The largest absolute Gasteiger partial charge is 0.357 e. The molecule has 0 unspecified atom stereocenters. The summed E-state index contributed by atoms with van der Waals surface area (Å²) in [5.74, 6) is 0.655. The summed E-state index contributed by atoms with van der Waals surface area (Å²) >= 11 is 0. The van der Waals surface area contributed by atoms with E-state index < -0.39 is 0 Å². The van der Waals surface area contributed by atoms with E-state index in [9.17, 15) is 0 Å². The smallest absolute Gasteiger partial charge is 0.224 e. The summed E-state index contributed by atoms with van der Waals surface area (Å²) in [4.78, 5) is 11.5. The number of hydrogen-bond donors (Lipinski definition) is 2. The highest BCUT2D eigenvalue weighted by molar-refractivity contribution is 5.78. The molecular formula is C10H16N4. The van der Waals surface area contributed by atoms with Crippen molar-refractivity contribution in [2.24, 2.45) is 0 Å². The van der Waals surface area contributed by atoms with Crippen LogP contribution in [0.3, 0.4) is 0 Å². The molecule has 2 aromatic rings. The third-order valence-corrected chi connectivity index (χ3v) is 1.83. The van der Waals surface area contributed by atoms with E-state index in [4.69, 9.17) is 0 Å². The zero-order valence-electron chi connectivity index (χ0n) is 9.05. The maximum Gasteiger partial charge on any atom is 0.224 e. The van der Waals surface area contributed by atoms with Crippen LogP contribution < -0.4 is 5.32 Å². The van der Waals surface area contributed by atoms with Gasteiger partial charge in [-0.2, -0.15) is 4.98 Å². The Labute approximate surface area is 83.8 Å². The van der Waals surface area contributed by atoms with Crippen molar-refractivity contribution in [3.8, 4) is 0 Å². The van der Waals surface area contributed by atoms with Crippen molar-refractivity contribution in [1.29, 1.82) is 0 Å². The summed E-state index contributed by atoms with van der Waals surface area (Å²) in [6, 6.07) is 1.98. The predicted octanol–water partition coefficient (Wildman–Crippen LogP) is 2.33. The average Bonchev–Trinajstić information content (AvgIpc) is 2.69. The monoisotopic (exact) mass is 192 g/mol. The number of fused-ring (bicyclic) bond motifs is 1. The second-order valence-corrected chi connectivity index (χ2v) is 2.62. The Kier molecular flexibility index (Phi) is 3.45. The van der Waals surface area contributed by atoms with Gasteiger partial charge in [-0.1, -0.05) is 13.8 Å². The lowest BCUT2D eigenvalue weighted by Crippen LogP contribution is -1.97. The van der Waals surface area contributed by atoms with E-state index in [1.807, 2.05) is 40.1 Å². The number of nitrogens with one attached hydrogen (secondary N) is 2. The molecule has 0 amide bonds. The molecule has 0 fully saturated rings. The molecule has 2 rings (SSSR count). The van der Waals surface area contributed by atoms with Gasteiger partial charge < -0.3 is 10.3 Å². The van der Waals surface area contributed by atoms with Gasteiger partial charge >= 0.3 is 0 Å². The van der Waals surface area contributed by atoms with Gasteiger partial charge in [0.25, 0.3) is 0 Å². The van der Waals surface area contributed by atoms with Gasteiger partial charge in [-0.25, -0.2) is 4.98 Å². The van der Waals surface area contributed by atoms with Crippen LogP contribution in [0.1, 0.15) is 19.5 Å². The number of nitrogens with zero attached hydrogens (tertiary/aromatic N) is 2. The lowest BCUT2D eigenvalue weighted by Gasteiger charge is -1.99. The molecule has 0 bridgehead atoms. The van der Waals surface area contributed by atoms with Gasteiger partial charge in [-0.3, -0.25) is 0 Å². The number of aryl methyl sites for hydroxylation is 1. The van der Waals surface area contributed by atoms with Gasteiger partial charge in [0.15, 0.2) is 0 Å². The van der Waals surface area contributed by atoms with E-state index in [1.165, 1.54) is 0 Å². The molecule has 4 heteroatoms. The molecule has 2 heterocycles. The second-order valence-electron chi connectivity index (χ2n) is 2.62. The Bertz CT molecular complexity index is 405. The number of anilines is 1. The molecule has 0 atom stereocenters. The Hall–Kier alpha value is -1.58. The maximum absolute atomic E-state index is 4.25. The standard InChI is InChI=1S/C8H10N4.C2H6/c1-5-6-3-4-10-7(6)12-8(9-2)11-5;1-2/h3-4H,1-2H3,(H2,9,10,11,12);1-2H3. The average molecular weight is 192 g/mol. The number of aromatic amines is 1. The second kappa shape index (κ2) is 4.60. The van der Waals surface area contributed by atoms with Crippen molar-refractivity contribution < 1.29 is 0 Å². The minimum absolute atomic E-state index is 0.655. The Morgan fingerprint density at radius 1 is 1.29 bits per heavy atom. The predicted molar refractivity (Wildman–Crippen MR) is 59.5 cm³/mol. The molecule has 2 aromatic heterocycles. The SMILES string of the molecule is CC.CNc1nc(C)c2cc[nH]c2n1. The van der Waals surface area contributed by atoms with Crippen LogP contribution in [0.25, 0.3) is 11.0 Å². The Balaban J connectivity index is 0.000000461. The van der Waals surface area contributed by atoms with Crippen LogP contribution in [-0.4, -0.2) is 22.0 Å². The van der Waals surface area contributed by atoms with Gasteiger partial charge in [0.05, 0.1) is 5.69 Å². The van der Waals surface area contributed by atoms with Gasteiger partial charge in [0, 0.05) is 18.6 Å². The van der Waals surface area contributed by atoms with Crippen LogP contribution in [0.2, 0.25) is 0 Å². The molecular weight excluding hydrogens is 176 g/mol. The number of hydrogen-bond acceptors (Lipinski definition) is 3. The molecule has 0 saturated heterocycles. The third kappa shape index (κ3) is 1.84. The number of rotatable bonds is 1. The molecule has 0 spiro atoms. The molecule has 14 heavy (non-hydrogen) atoms. The molecule has 0 saturated carbocycles. The summed E-state index contributed by atoms with van der Waals surface area (Å²) in [6.45, 7) is 5.97. The highest BCUT2D eigenvalue weighted by Crippen LogP contribution is 2.14. The highest BCUT2D eigenvalue weighted by atomic mass is 15.1. The molecule has 2 N–H and O–H groups in total. The maximum atomic E-state index is 4.25. The zero-order chi connectivity index (χ0) is 10.6. The van der Waals surface area contributed by atoms with E-state index in [1.54, 1.807) is 0 Å². The number of aromatic nitrogens is 3. The van der Waals surface area contributed by atoms with Crippen LogP contribution >= 0.6 is 0 Å². The van der Waals surface area contributed by atoms with Crippen LogP contribution in [-0.2, 0) is 0 Å². The van der Waals surface area contributed by atoms with E-state index in [0.29, 0.717) is 5.95 Å². The fraction of sp³-hybridized carbons (Fsp3) is 0.400. The lowest BCUT2D eigenvalue weighted by atomic mass is 10.3. The highest BCUT2D eigenvalue weighted by Gasteiger charge is 2.02. The molecule has 0 aromatic carbocycles. The van der Waals surface area contributed by atoms with Crippen molar-refractivity contribution >= 4 is 17.0 Å². The van der Waals surface area contributed by atoms with Crippen LogP contribution in [0.15, 0.2) is 12.3 Å². The van der Waals surface area contributed by atoms with Crippen molar-refractivity contribution in [3.63, 3.8) is 0 Å². The van der Waals surface area contributed by atoms with Gasteiger partial charge in [0.2, 0.25) is 5.95 Å². The van der Waals surface area contributed by atoms with E-state index in [2.05, 4.69) is 20.3 Å². The Morgan fingerprint density at radius 2 is 2.00 bits per heavy atom. The zero-order valence-corrected chi connectivity index (χ0v) is 9.05. The fourth-order valence-corrected chi connectivity index (χ4v) is 1.21. The fourth-order valence-electron chi connectivity index (χ4n) is 1.21. The van der Waals surface area contributed by atoms with Crippen molar-refractivity contribution in [2.45, 2.75) is 20.8 Å². The first kappa shape index (κ1) is 10.5. The summed E-state index contributed by atoms with van der Waals surface area (Å²) in [5.41, 5.74) is 1.87. The lowest BCUT2D eigenvalue weighted by molar-refractivity contribution is 1.13. The van der Waals surface area contributed by atoms with E-state index >= 15 is 0 Å². The first-order valence-corrected chi connectivity index (χ1v) is 4.81. The first-order chi connectivity index (χ1) is 6.81. The summed E-state index contributed by atoms with van der Waals surface area (Å²) < 4.78 is 0. The molecule has 0 aliphatic carbocycles. The normalized spacial score (nSPS) is 9.43. The minimum atomic E-state index is 0.655. The summed E-state index contributed by atoms with van der Waals surface area (Å²) in [6.07, 6.45) is 1.87. The minimum Gasteiger partial charge on any atom is -0.357 e. The molecule has 76 valence electrons. The topological polar surface area (TPSA) is 53.6 Å². The quantitative estimate of drug-likeness (QED) is 0.729. The van der Waals surface area contributed by atoms with Crippen molar-refractivity contribution in [3.05, 3.63) is 18.0 Å².